The number of fused-ring (bicyclic) bond motifs is 1. The van der Waals surface area contributed by atoms with Gasteiger partial charge in [-0.15, -0.1) is 0 Å². The molecule has 2 N–H and O–H groups in total. The van der Waals surface area contributed by atoms with Crippen LogP contribution in [-0.2, 0) is 9.53 Å². The normalized spacial score (nSPS) is 16.4. The van der Waals surface area contributed by atoms with Crippen LogP contribution >= 0.6 is 23.2 Å². The first kappa shape index (κ1) is 17.8. The van der Waals surface area contributed by atoms with Crippen LogP contribution in [0, 0.1) is 0 Å². The molecule has 0 spiro atoms. The van der Waals surface area contributed by atoms with E-state index < -0.39 is 6.04 Å². The number of methoxy groups -OCH3 is 1. The summed E-state index contributed by atoms with van der Waals surface area (Å²) in [5.74, 6) is 0.626. The molecule has 6 nitrogen and oxygen atoms in total. The number of amides is 1. The van der Waals surface area contributed by atoms with Gasteiger partial charge in [-0.2, -0.15) is 5.10 Å². The van der Waals surface area contributed by atoms with Gasteiger partial charge >= 0.3 is 0 Å². The third kappa shape index (κ3) is 3.51. The molecule has 0 saturated heterocycles. The maximum absolute atomic E-state index is 12.8. The first-order chi connectivity index (χ1) is 12.0. The fraction of sp³-hybridized carbons (Fsp3) is 0.294. The van der Waals surface area contributed by atoms with Gasteiger partial charge in [0, 0.05) is 25.4 Å². The van der Waals surface area contributed by atoms with E-state index in [0.717, 1.165) is 17.1 Å². The molecule has 1 amide bonds. The van der Waals surface area contributed by atoms with Gasteiger partial charge < -0.3 is 15.4 Å². The zero-order valence-electron chi connectivity index (χ0n) is 13.8. The fourth-order valence-electron chi connectivity index (χ4n) is 2.85. The van der Waals surface area contributed by atoms with E-state index in [1.165, 1.54) is 0 Å². The van der Waals surface area contributed by atoms with Gasteiger partial charge in [-0.1, -0.05) is 29.3 Å². The minimum atomic E-state index is -0.399. The number of rotatable bonds is 5. The molecule has 0 aliphatic carbocycles. The molecular weight excluding hydrogens is 363 g/mol. The van der Waals surface area contributed by atoms with Crippen LogP contribution in [-0.4, -0.2) is 35.9 Å². The van der Waals surface area contributed by atoms with Crippen molar-refractivity contribution in [2.24, 2.45) is 0 Å². The number of carbonyl (C=O) groups is 1. The first-order valence-corrected chi connectivity index (χ1v) is 8.52. The van der Waals surface area contributed by atoms with Crippen molar-refractivity contribution in [2.45, 2.75) is 13.0 Å². The van der Waals surface area contributed by atoms with Gasteiger partial charge in [-0.05, 0) is 24.6 Å². The van der Waals surface area contributed by atoms with Crippen molar-refractivity contribution < 1.29 is 9.53 Å². The number of hydrogen-bond donors (Lipinski definition) is 2. The van der Waals surface area contributed by atoms with E-state index in [4.69, 9.17) is 27.9 Å². The van der Waals surface area contributed by atoms with Gasteiger partial charge in [0.2, 0.25) is 0 Å². The van der Waals surface area contributed by atoms with Crippen molar-refractivity contribution in [3.05, 3.63) is 57.3 Å². The standard InChI is InChI=1S/C17H18Cl2N4O2/c1-10-15(17(24)20-7-8-25-2)16(23-14(22-10)5-6-21-23)11-3-4-12(18)13(19)9-11/h3-6,9,16,22H,7-8H2,1-2H3,(H,20,24). The van der Waals surface area contributed by atoms with Crippen molar-refractivity contribution in [1.29, 1.82) is 0 Å². The Labute approximate surface area is 155 Å². The highest BCUT2D eigenvalue weighted by Gasteiger charge is 2.32. The van der Waals surface area contributed by atoms with Crippen molar-refractivity contribution >= 4 is 34.9 Å². The Balaban J connectivity index is 2.03. The zero-order chi connectivity index (χ0) is 18.0. The lowest BCUT2D eigenvalue weighted by molar-refractivity contribution is -0.118. The number of halogens is 2. The number of hydrogen-bond acceptors (Lipinski definition) is 4. The number of benzene rings is 1. The summed E-state index contributed by atoms with van der Waals surface area (Å²) in [5.41, 5.74) is 2.17. The maximum Gasteiger partial charge on any atom is 0.251 e. The van der Waals surface area contributed by atoms with E-state index in [9.17, 15) is 4.79 Å². The predicted octanol–water partition coefficient (Wildman–Crippen LogP) is 3.24. The third-order valence-corrected chi connectivity index (χ3v) is 4.74. The molecule has 0 saturated carbocycles. The van der Waals surface area contributed by atoms with Crippen molar-refractivity contribution in [3.63, 3.8) is 0 Å². The van der Waals surface area contributed by atoms with Crippen molar-refractivity contribution in [2.75, 3.05) is 25.6 Å². The molecule has 1 aliphatic heterocycles. The molecule has 1 aliphatic rings. The quantitative estimate of drug-likeness (QED) is 0.781. The molecule has 1 atom stereocenters. The summed E-state index contributed by atoms with van der Waals surface area (Å²) >= 11 is 12.2. The van der Waals surface area contributed by atoms with Crippen LogP contribution < -0.4 is 10.6 Å². The van der Waals surface area contributed by atoms with Crippen LogP contribution in [0.3, 0.4) is 0 Å². The number of anilines is 1. The second-order valence-corrected chi connectivity index (χ2v) is 6.46. The SMILES string of the molecule is COCCNC(=O)C1=C(C)Nc2ccnn2C1c1ccc(Cl)c(Cl)c1. The second kappa shape index (κ2) is 7.47. The van der Waals surface area contributed by atoms with Crippen LogP contribution in [0.15, 0.2) is 41.7 Å². The Morgan fingerprint density at radius 2 is 2.16 bits per heavy atom. The molecular formula is C17H18Cl2N4O2. The summed E-state index contributed by atoms with van der Waals surface area (Å²) in [6, 6.07) is 6.80. The van der Waals surface area contributed by atoms with Gasteiger partial charge in [0.1, 0.15) is 11.9 Å². The second-order valence-electron chi connectivity index (χ2n) is 5.65. The number of nitrogens with one attached hydrogen (secondary N) is 2. The summed E-state index contributed by atoms with van der Waals surface area (Å²) in [4.78, 5) is 12.8. The summed E-state index contributed by atoms with van der Waals surface area (Å²) < 4.78 is 6.76. The summed E-state index contributed by atoms with van der Waals surface area (Å²) in [6.07, 6.45) is 1.69. The lowest BCUT2D eigenvalue weighted by Gasteiger charge is -2.30. The van der Waals surface area contributed by atoms with Crippen LogP contribution in [0.1, 0.15) is 18.5 Å². The number of ether oxygens (including phenoxy) is 1. The average Bonchev–Trinajstić information content (AvgIpc) is 3.04. The molecule has 1 aromatic heterocycles. The molecule has 1 unspecified atom stereocenters. The third-order valence-electron chi connectivity index (χ3n) is 4.00. The average molecular weight is 381 g/mol. The molecule has 1 aromatic carbocycles. The highest BCUT2D eigenvalue weighted by molar-refractivity contribution is 6.42. The number of aromatic nitrogens is 2. The minimum absolute atomic E-state index is 0.181. The summed E-state index contributed by atoms with van der Waals surface area (Å²) in [7, 11) is 1.59. The lowest BCUT2D eigenvalue weighted by Crippen LogP contribution is -2.36. The molecule has 2 heterocycles. The molecule has 132 valence electrons. The molecule has 3 rings (SSSR count). The Morgan fingerprint density at radius 3 is 2.88 bits per heavy atom. The molecule has 0 radical (unpaired) electrons. The van der Waals surface area contributed by atoms with Crippen LogP contribution in [0.25, 0.3) is 0 Å². The van der Waals surface area contributed by atoms with E-state index in [0.29, 0.717) is 28.8 Å². The molecule has 8 heteroatoms. The van der Waals surface area contributed by atoms with Crippen LogP contribution in [0.5, 0.6) is 0 Å². The Morgan fingerprint density at radius 1 is 1.36 bits per heavy atom. The maximum atomic E-state index is 12.8. The van der Waals surface area contributed by atoms with E-state index >= 15 is 0 Å². The first-order valence-electron chi connectivity index (χ1n) is 7.76. The summed E-state index contributed by atoms with van der Waals surface area (Å²) in [5, 5.41) is 11.4. The largest absolute Gasteiger partial charge is 0.383 e. The fourth-order valence-corrected chi connectivity index (χ4v) is 3.16. The Bertz CT molecular complexity index is 832. The number of nitrogens with zero attached hydrogens (tertiary/aromatic N) is 2. The Hall–Kier alpha value is -2.02. The molecule has 2 aromatic rings. The predicted molar refractivity (Wildman–Crippen MR) is 98.0 cm³/mol. The molecule has 25 heavy (non-hydrogen) atoms. The number of carbonyl (C=O) groups excluding carboxylic acids is 1. The van der Waals surface area contributed by atoms with E-state index in [1.807, 2.05) is 19.1 Å². The minimum Gasteiger partial charge on any atom is -0.383 e. The van der Waals surface area contributed by atoms with Gasteiger partial charge in [0.05, 0.1) is 28.4 Å². The van der Waals surface area contributed by atoms with E-state index in [2.05, 4.69) is 15.7 Å². The van der Waals surface area contributed by atoms with Gasteiger partial charge in [0.15, 0.2) is 0 Å². The number of allylic oxidation sites excluding steroid dienone is 1. The van der Waals surface area contributed by atoms with Crippen molar-refractivity contribution in [3.8, 4) is 0 Å². The highest BCUT2D eigenvalue weighted by atomic mass is 35.5. The van der Waals surface area contributed by atoms with Gasteiger partial charge in [-0.25, -0.2) is 4.68 Å². The van der Waals surface area contributed by atoms with Crippen LogP contribution in [0.2, 0.25) is 10.0 Å². The van der Waals surface area contributed by atoms with Gasteiger partial charge in [0.25, 0.3) is 5.91 Å². The molecule has 0 fully saturated rings. The smallest absolute Gasteiger partial charge is 0.251 e. The zero-order valence-corrected chi connectivity index (χ0v) is 15.4. The van der Waals surface area contributed by atoms with Gasteiger partial charge in [-0.3, -0.25) is 4.79 Å². The van der Waals surface area contributed by atoms with Crippen molar-refractivity contribution in [1.82, 2.24) is 15.1 Å². The van der Waals surface area contributed by atoms with E-state index in [1.54, 1.807) is 30.1 Å². The van der Waals surface area contributed by atoms with Crippen LogP contribution in [0.4, 0.5) is 5.82 Å². The Kier molecular flexibility index (Phi) is 5.32. The van der Waals surface area contributed by atoms with E-state index in [-0.39, 0.29) is 5.91 Å². The highest BCUT2D eigenvalue weighted by Crippen LogP contribution is 2.37. The summed E-state index contributed by atoms with van der Waals surface area (Å²) in [6.45, 7) is 2.73. The monoisotopic (exact) mass is 380 g/mol. The molecule has 0 bridgehead atoms. The topological polar surface area (TPSA) is 68.2 Å². The lowest BCUT2D eigenvalue weighted by atomic mass is 9.95.